The minimum atomic E-state index is -0.127. The summed E-state index contributed by atoms with van der Waals surface area (Å²) < 4.78 is 5.50. The van der Waals surface area contributed by atoms with Crippen LogP contribution in [0, 0.1) is 5.92 Å². The van der Waals surface area contributed by atoms with Crippen LogP contribution < -0.4 is 15.8 Å². The largest absolute Gasteiger partial charge is 0.484 e. The third-order valence-corrected chi connectivity index (χ3v) is 4.18. The van der Waals surface area contributed by atoms with Gasteiger partial charge in [0.05, 0.1) is 5.92 Å². The van der Waals surface area contributed by atoms with Crippen molar-refractivity contribution in [2.24, 2.45) is 11.7 Å². The fourth-order valence-corrected chi connectivity index (χ4v) is 2.80. The number of carbonyl (C=O) groups is 2. The van der Waals surface area contributed by atoms with E-state index in [1.165, 1.54) is 0 Å². The Balaban J connectivity index is 1.75. The Bertz CT molecular complexity index is 522. The van der Waals surface area contributed by atoms with Crippen LogP contribution in [0.5, 0.6) is 5.75 Å². The maximum Gasteiger partial charge on any atom is 0.260 e. The molecule has 6 nitrogen and oxygen atoms in total. The second kappa shape index (κ2) is 9.93. The summed E-state index contributed by atoms with van der Waals surface area (Å²) in [5.41, 5.74) is 5.44. The lowest BCUT2D eigenvalue weighted by Crippen LogP contribution is -2.47. The molecule has 1 aliphatic heterocycles. The summed E-state index contributed by atoms with van der Waals surface area (Å²) in [5, 5.41) is 2.94. The number of piperidine rings is 1. The highest BCUT2D eigenvalue weighted by Gasteiger charge is 2.28. The zero-order valence-electron chi connectivity index (χ0n) is 14.1. The minimum absolute atomic E-state index is 0.00878. The Hall–Kier alpha value is -2.08. The van der Waals surface area contributed by atoms with E-state index in [-0.39, 0.29) is 24.3 Å². The number of unbranched alkanes of at least 4 members (excludes halogenated alkanes) is 1. The molecular formula is C18H27N3O3. The number of rotatable bonds is 8. The van der Waals surface area contributed by atoms with Gasteiger partial charge in [-0.2, -0.15) is 0 Å². The van der Waals surface area contributed by atoms with E-state index in [1.54, 1.807) is 4.90 Å². The summed E-state index contributed by atoms with van der Waals surface area (Å²) in [5.74, 6) is 0.516. The molecule has 1 aromatic carbocycles. The number of hydrogen-bond donors (Lipinski definition) is 2. The van der Waals surface area contributed by atoms with Gasteiger partial charge in [0, 0.05) is 19.6 Å². The molecule has 132 valence electrons. The predicted molar refractivity (Wildman–Crippen MR) is 92.5 cm³/mol. The first kappa shape index (κ1) is 18.3. The van der Waals surface area contributed by atoms with E-state index in [2.05, 4.69) is 5.32 Å². The van der Waals surface area contributed by atoms with Gasteiger partial charge in [0.15, 0.2) is 6.61 Å². The minimum Gasteiger partial charge on any atom is -0.484 e. The summed E-state index contributed by atoms with van der Waals surface area (Å²) in [6.45, 7) is 2.46. The van der Waals surface area contributed by atoms with Crippen molar-refractivity contribution in [2.45, 2.75) is 25.7 Å². The van der Waals surface area contributed by atoms with Crippen molar-refractivity contribution < 1.29 is 14.3 Å². The second-order valence-electron chi connectivity index (χ2n) is 6.07. The molecule has 1 heterocycles. The Labute approximate surface area is 143 Å². The third kappa shape index (κ3) is 5.85. The Morgan fingerprint density at radius 3 is 2.79 bits per heavy atom. The molecule has 0 saturated carbocycles. The number of benzene rings is 1. The van der Waals surface area contributed by atoms with E-state index in [0.717, 1.165) is 25.7 Å². The molecule has 2 amide bonds. The molecule has 1 saturated heterocycles. The van der Waals surface area contributed by atoms with E-state index in [4.69, 9.17) is 10.5 Å². The van der Waals surface area contributed by atoms with Gasteiger partial charge in [-0.15, -0.1) is 0 Å². The van der Waals surface area contributed by atoms with Crippen LogP contribution >= 0.6 is 0 Å². The van der Waals surface area contributed by atoms with Crippen molar-refractivity contribution in [3.05, 3.63) is 30.3 Å². The van der Waals surface area contributed by atoms with Gasteiger partial charge in [0.1, 0.15) is 5.75 Å². The molecule has 0 aromatic heterocycles. The zero-order valence-corrected chi connectivity index (χ0v) is 14.1. The van der Waals surface area contributed by atoms with Crippen LogP contribution in [0.2, 0.25) is 0 Å². The first-order valence-electron chi connectivity index (χ1n) is 8.64. The van der Waals surface area contributed by atoms with E-state index >= 15 is 0 Å². The second-order valence-corrected chi connectivity index (χ2v) is 6.07. The number of nitrogens with two attached hydrogens (primary N) is 1. The van der Waals surface area contributed by atoms with Gasteiger partial charge in [0.2, 0.25) is 5.91 Å². The van der Waals surface area contributed by atoms with Gasteiger partial charge in [-0.25, -0.2) is 0 Å². The molecule has 2 rings (SSSR count). The first-order valence-corrected chi connectivity index (χ1v) is 8.64. The predicted octanol–water partition coefficient (Wildman–Crippen LogP) is 1.16. The highest BCUT2D eigenvalue weighted by atomic mass is 16.5. The molecule has 1 unspecified atom stereocenters. The maximum absolute atomic E-state index is 12.3. The molecule has 24 heavy (non-hydrogen) atoms. The fraction of sp³-hybridized carbons (Fsp3) is 0.556. The molecule has 0 bridgehead atoms. The number of ether oxygens (including phenoxy) is 1. The van der Waals surface area contributed by atoms with Gasteiger partial charge in [0.25, 0.3) is 5.91 Å². The Kier molecular flexibility index (Phi) is 7.55. The summed E-state index contributed by atoms with van der Waals surface area (Å²) in [6.07, 6.45) is 3.47. The standard InChI is InChI=1S/C18H27N3O3/c19-10-4-5-11-20-18(23)15-7-6-12-21(13-15)17(22)14-24-16-8-2-1-3-9-16/h1-3,8-9,15H,4-7,10-14,19H2,(H,20,23). The lowest BCUT2D eigenvalue weighted by molar-refractivity contribution is -0.137. The van der Waals surface area contributed by atoms with E-state index in [0.29, 0.717) is 31.9 Å². The highest BCUT2D eigenvalue weighted by molar-refractivity contribution is 5.81. The van der Waals surface area contributed by atoms with Crippen LogP contribution in [0.15, 0.2) is 30.3 Å². The quantitative estimate of drug-likeness (QED) is 0.699. The lowest BCUT2D eigenvalue weighted by atomic mass is 9.97. The van der Waals surface area contributed by atoms with Crippen LogP contribution in [-0.2, 0) is 9.59 Å². The van der Waals surface area contributed by atoms with Crippen molar-refractivity contribution in [1.82, 2.24) is 10.2 Å². The van der Waals surface area contributed by atoms with Crippen molar-refractivity contribution >= 4 is 11.8 Å². The molecule has 3 N–H and O–H groups in total. The van der Waals surface area contributed by atoms with Crippen molar-refractivity contribution in [2.75, 3.05) is 32.8 Å². The van der Waals surface area contributed by atoms with Gasteiger partial charge >= 0.3 is 0 Å². The van der Waals surface area contributed by atoms with Crippen LogP contribution in [0.1, 0.15) is 25.7 Å². The zero-order chi connectivity index (χ0) is 17.2. The normalized spacial score (nSPS) is 17.4. The van der Waals surface area contributed by atoms with Crippen LogP contribution in [0.3, 0.4) is 0 Å². The number of nitrogens with one attached hydrogen (secondary N) is 1. The van der Waals surface area contributed by atoms with Crippen molar-refractivity contribution in [1.29, 1.82) is 0 Å². The molecule has 1 aliphatic rings. The maximum atomic E-state index is 12.3. The molecule has 0 spiro atoms. The van der Waals surface area contributed by atoms with Crippen molar-refractivity contribution in [3.63, 3.8) is 0 Å². The summed E-state index contributed by atoms with van der Waals surface area (Å²) in [7, 11) is 0. The number of para-hydroxylation sites is 1. The average molecular weight is 333 g/mol. The third-order valence-electron chi connectivity index (χ3n) is 4.18. The smallest absolute Gasteiger partial charge is 0.260 e. The molecule has 0 aliphatic carbocycles. The monoisotopic (exact) mass is 333 g/mol. The van der Waals surface area contributed by atoms with E-state index in [1.807, 2.05) is 30.3 Å². The summed E-state index contributed by atoms with van der Waals surface area (Å²) in [4.78, 5) is 26.2. The number of likely N-dealkylation sites (tertiary alicyclic amines) is 1. The summed E-state index contributed by atoms with van der Waals surface area (Å²) >= 11 is 0. The van der Waals surface area contributed by atoms with Crippen LogP contribution in [0.25, 0.3) is 0 Å². The topological polar surface area (TPSA) is 84.7 Å². The van der Waals surface area contributed by atoms with Gasteiger partial charge in [-0.05, 0) is 44.4 Å². The highest BCUT2D eigenvalue weighted by Crippen LogP contribution is 2.17. The Morgan fingerprint density at radius 1 is 1.25 bits per heavy atom. The van der Waals surface area contributed by atoms with Crippen LogP contribution in [-0.4, -0.2) is 49.5 Å². The van der Waals surface area contributed by atoms with Gasteiger partial charge < -0.3 is 20.7 Å². The van der Waals surface area contributed by atoms with Crippen LogP contribution in [0.4, 0.5) is 0 Å². The first-order chi connectivity index (χ1) is 11.7. The summed E-state index contributed by atoms with van der Waals surface area (Å²) in [6, 6.07) is 9.27. The van der Waals surface area contributed by atoms with Gasteiger partial charge in [-0.1, -0.05) is 18.2 Å². The van der Waals surface area contributed by atoms with E-state index in [9.17, 15) is 9.59 Å². The fourth-order valence-electron chi connectivity index (χ4n) is 2.80. The molecule has 1 aromatic rings. The van der Waals surface area contributed by atoms with Crippen molar-refractivity contribution in [3.8, 4) is 5.75 Å². The van der Waals surface area contributed by atoms with E-state index < -0.39 is 0 Å². The number of carbonyl (C=O) groups excluding carboxylic acids is 2. The average Bonchev–Trinajstić information content (AvgIpc) is 2.64. The lowest BCUT2D eigenvalue weighted by Gasteiger charge is -2.32. The SMILES string of the molecule is NCCCCNC(=O)C1CCCN(C(=O)COc2ccccc2)C1. The molecule has 1 atom stereocenters. The number of nitrogens with zero attached hydrogens (tertiary/aromatic N) is 1. The molecule has 6 heteroatoms. The number of hydrogen-bond acceptors (Lipinski definition) is 4. The van der Waals surface area contributed by atoms with Gasteiger partial charge in [-0.3, -0.25) is 9.59 Å². The number of amides is 2. The molecular weight excluding hydrogens is 306 g/mol. The Morgan fingerprint density at radius 2 is 2.04 bits per heavy atom. The molecule has 1 fully saturated rings. The molecule has 0 radical (unpaired) electrons.